The maximum atomic E-state index is 12.8. The highest BCUT2D eigenvalue weighted by Gasteiger charge is 2.29. The highest BCUT2D eigenvalue weighted by Crippen LogP contribution is 2.31. The average Bonchev–Trinajstić information content (AvgIpc) is 1.66. The minimum absolute atomic E-state index is 0.0264. The molecule has 15 rings (SSSR count). The van der Waals surface area contributed by atoms with Crippen molar-refractivity contribution in [1.82, 2.24) is 59.3 Å². The van der Waals surface area contributed by atoms with Crippen LogP contribution in [0.1, 0.15) is 108 Å². The lowest BCUT2D eigenvalue weighted by molar-refractivity contribution is 0.0913. The van der Waals surface area contributed by atoms with Gasteiger partial charge in [-0.1, -0.05) is 126 Å². The molecule has 3 atom stereocenters. The van der Waals surface area contributed by atoms with Crippen molar-refractivity contribution in [3.63, 3.8) is 0 Å². The van der Waals surface area contributed by atoms with Crippen molar-refractivity contribution in [3.05, 3.63) is 245 Å². The number of imidazole rings is 3. The highest BCUT2D eigenvalue weighted by atomic mass is 35.5. The molecule has 12 aromatic rings. The van der Waals surface area contributed by atoms with Crippen LogP contribution in [-0.4, -0.2) is 138 Å². The third-order valence-electron chi connectivity index (χ3n) is 19.6. The van der Waals surface area contributed by atoms with Crippen molar-refractivity contribution in [3.8, 4) is 0 Å². The summed E-state index contributed by atoms with van der Waals surface area (Å²) in [5, 5.41) is 17.8. The largest absolute Gasteiger partial charge is 0.348 e. The average molecular weight is 1390 g/mol. The van der Waals surface area contributed by atoms with E-state index in [1.807, 2.05) is 198 Å². The number of H-pyrrole nitrogens is 3. The number of nitrogens with zero attached hydrogens (tertiary/aromatic N) is 6. The molecule has 0 aliphatic carbocycles. The number of aromatic amines is 3. The van der Waals surface area contributed by atoms with Crippen molar-refractivity contribution in [2.45, 2.75) is 95.5 Å². The van der Waals surface area contributed by atoms with Crippen LogP contribution in [0.4, 0.5) is 0 Å². The molecule has 3 fully saturated rings. The molecule has 0 spiro atoms. The molecular formula is C78H81Cl3N12O6. The second kappa shape index (κ2) is 30.5. The molecule has 9 aromatic carbocycles. The molecule has 21 heteroatoms. The lowest BCUT2D eigenvalue weighted by Gasteiger charge is -2.34. The number of likely N-dealkylation sites (tertiary alicyclic amines) is 3. The number of halogens is 3. The van der Waals surface area contributed by atoms with Gasteiger partial charge in [-0.2, -0.15) is 0 Å². The number of piperidine rings is 3. The van der Waals surface area contributed by atoms with Crippen LogP contribution in [0.15, 0.2) is 196 Å². The number of fused-ring (bicyclic) bond motifs is 6. The molecule has 99 heavy (non-hydrogen) atoms. The maximum absolute atomic E-state index is 12.8. The minimum Gasteiger partial charge on any atom is -0.348 e. The summed E-state index contributed by atoms with van der Waals surface area (Å²) in [5.74, 6) is -0.147. The van der Waals surface area contributed by atoms with E-state index in [2.05, 4.69) is 45.6 Å². The third-order valence-corrected chi connectivity index (χ3v) is 20.3. The van der Waals surface area contributed by atoms with Gasteiger partial charge in [-0.15, -0.1) is 0 Å². The van der Waals surface area contributed by atoms with E-state index in [0.717, 1.165) is 163 Å². The Balaban J connectivity index is 0.000000133. The summed E-state index contributed by atoms with van der Waals surface area (Å²) in [6.45, 7) is 13.8. The number of rotatable bonds is 15. The van der Waals surface area contributed by atoms with Gasteiger partial charge in [0, 0.05) is 127 Å². The fourth-order valence-electron chi connectivity index (χ4n) is 14.7. The number of hydrogen-bond acceptors (Lipinski definition) is 9. The van der Waals surface area contributed by atoms with Gasteiger partial charge in [0.15, 0.2) is 0 Å². The third kappa shape index (κ3) is 16.1. The summed E-state index contributed by atoms with van der Waals surface area (Å²) in [7, 11) is 0. The maximum Gasteiger partial charge on any atom is 0.326 e. The van der Waals surface area contributed by atoms with E-state index in [0.29, 0.717) is 31.8 Å². The van der Waals surface area contributed by atoms with Gasteiger partial charge in [-0.25, -0.2) is 14.4 Å². The molecule has 3 aliphatic rings. The number of benzene rings is 9. The van der Waals surface area contributed by atoms with Gasteiger partial charge in [0.25, 0.3) is 17.7 Å². The van der Waals surface area contributed by atoms with E-state index in [-0.39, 0.29) is 71.0 Å². The second-order valence-corrected chi connectivity index (χ2v) is 28.1. The fraction of sp³-hybridized carbons (Fsp3) is 0.308. The lowest BCUT2D eigenvalue weighted by Crippen LogP contribution is -2.45. The van der Waals surface area contributed by atoms with Crippen LogP contribution >= 0.6 is 34.8 Å². The van der Waals surface area contributed by atoms with E-state index < -0.39 is 0 Å². The van der Waals surface area contributed by atoms with Gasteiger partial charge < -0.3 is 45.6 Å². The highest BCUT2D eigenvalue weighted by molar-refractivity contribution is 6.32. The summed E-state index contributed by atoms with van der Waals surface area (Å²) >= 11 is 18.2. The number of carbonyl (C=O) groups excluding carboxylic acids is 3. The van der Waals surface area contributed by atoms with Crippen LogP contribution in [-0.2, 0) is 0 Å². The number of carbonyl (C=O) groups is 3. The fourth-order valence-corrected chi connectivity index (χ4v) is 15.2. The molecule has 0 saturated carbocycles. The van der Waals surface area contributed by atoms with Crippen LogP contribution in [0.25, 0.3) is 65.4 Å². The van der Waals surface area contributed by atoms with Crippen LogP contribution in [0, 0.1) is 0 Å². The Hall–Kier alpha value is -9.27. The zero-order valence-electron chi connectivity index (χ0n) is 55.7. The number of nitrogens with one attached hydrogen (secondary N) is 6. The molecule has 0 unspecified atom stereocenters. The Morgan fingerprint density at radius 1 is 0.364 bits per heavy atom. The number of amides is 3. The predicted octanol–water partition coefficient (Wildman–Crippen LogP) is 13.8. The molecular weight excluding hydrogens is 1310 g/mol. The van der Waals surface area contributed by atoms with Gasteiger partial charge in [0.2, 0.25) is 0 Å². The van der Waals surface area contributed by atoms with Crippen molar-refractivity contribution in [1.29, 1.82) is 0 Å². The van der Waals surface area contributed by atoms with Crippen LogP contribution in [0.5, 0.6) is 0 Å². The Morgan fingerprint density at radius 2 is 0.616 bits per heavy atom. The Labute approximate surface area is 587 Å². The first-order valence-electron chi connectivity index (χ1n) is 34.2. The van der Waals surface area contributed by atoms with Crippen LogP contribution in [0.3, 0.4) is 0 Å². The number of aromatic nitrogens is 6. The lowest BCUT2D eigenvalue weighted by atomic mass is 10.0. The van der Waals surface area contributed by atoms with Crippen molar-refractivity contribution in [2.75, 3.05) is 58.9 Å². The molecule has 510 valence electrons. The molecule has 3 amide bonds. The Morgan fingerprint density at radius 3 is 0.879 bits per heavy atom. The molecule has 3 aliphatic heterocycles. The molecule has 18 nitrogen and oxygen atoms in total. The van der Waals surface area contributed by atoms with Crippen LogP contribution in [0.2, 0.25) is 15.1 Å². The SMILES string of the molecule is C[C@@H](CN1CCC(n2c(=O)[nH]c3cc(Cl)ccc32)CC1)NC(=O)c1ccc2ccccc2c1.C[C@@H](CN1CCC(n2c(=O)[nH]c3cc(Cl)ccc32)CC1)NC(=O)c1ccc2ccccc2c1.C[C@@H](CN1CCC(n2c(=O)[nH]c3cc(Cl)ccc32)CC1)NC(=O)c1ccc2ccccc2c1. The van der Waals surface area contributed by atoms with Gasteiger partial charge in [-0.3, -0.25) is 28.1 Å². The predicted molar refractivity (Wildman–Crippen MR) is 399 cm³/mol. The quantitative estimate of drug-likeness (QED) is 0.0576. The molecule has 6 heterocycles. The normalized spacial score (nSPS) is 16.3. The summed E-state index contributed by atoms with van der Waals surface area (Å²) in [5.41, 5.74) is 6.83. The van der Waals surface area contributed by atoms with Gasteiger partial charge >= 0.3 is 17.1 Å². The van der Waals surface area contributed by atoms with E-state index in [1.165, 1.54) is 0 Å². The summed E-state index contributed by atoms with van der Waals surface area (Å²) < 4.78 is 5.61. The van der Waals surface area contributed by atoms with Gasteiger partial charge in [0.1, 0.15) is 0 Å². The van der Waals surface area contributed by atoms with E-state index in [9.17, 15) is 28.8 Å². The van der Waals surface area contributed by atoms with Gasteiger partial charge in [0.05, 0.1) is 33.1 Å². The first-order chi connectivity index (χ1) is 47.9. The monoisotopic (exact) mass is 1390 g/mol. The first-order valence-corrected chi connectivity index (χ1v) is 35.3. The van der Waals surface area contributed by atoms with Crippen molar-refractivity contribution in [2.24, 2.45) is 0 Å². The van der Waals surface area contributed by atoms with E-state index in [1.54, 1.807) is 18.2 Å². The molecule has 0 radical (unpaired) electrons. The zero-order chi connectivity index (χ0) is 68.8. The smallest absolute Gasteiger partial charge is 0.326 e. The van der Waals surface area contributed by atoms with Crippen molar-refractivity contribution >= 4 is 118 Å². The van der Waals surface area contributed by atoms with E-state index in [4.69, 9.17) is 34.8 Å². The van der Waals surface area contributed by atoms with Crippen LogP contribution < -0.4 is 33.0 Å². The Bertz CT molecular complexity index is 4610. The molecule has 0 bridgehead atoms. The summed E-state index contributed by atoms with van der Waals surface area (Å²) in [6.07, 6.45) is 5.34. The van der Waals surface area contributed by atoms with Gasteiger partial charge in [-0.05, 0) is 183 Å². The summed E-state index contributed by atoms with van der Waals surface area (Å²) in [6, 6.07) is 58.7. The van der Waals surface area contributed by atoms with Crippen molar-refractivity contribution < 1.29 is 14.4 Å². The second-order valence-electron chi connectivity index (χ2n) is 26.8. The molecule has 6 N–H and O–H groups in total. The topological polar surface area (TPSA) is 210 Å². The minimum atomic E-state index is -0.0817. The first kappa shape index (κ1) is 68.3. The standard InChI is InChI=1S/3C26H27ClN4O2/c3*1-17(28-25(32)20-7-6-18-4-2-3-5-19(18)14-20)16-30-12-10-22(11-13-30)31-24-9-8-21(27)15-23(24)29-26(31)33/h3*2-9,14-15,17,22H,10-13,16H2,1H3,(H,28,32)(H,29,33)/t3*17-/m000/s1. The molecule has 3 aromatic heterocycles. The number of hydrogen-bond donors (Lipinski definition) is 6. The summed E-state index contributed by atoms with van der Waals surface area (Å²) in [4.78, 5) is 91.7. The Kier molecular flexibility index (Phi) is 21.0. The molecule has 3 saturated heterocycles. The van der Waals surface area contributed by atoms with E-state index >= 15 is 0 Å². The zero-order valence-corrected chi connectivity index (χ0v) is 57.9.